The molecule has 0 saturated carbocycles. The fraction of sp³-hybridized carbons (Fsp3) is 0.611. The Morgan fingerprint density at radius 1 is 1.26 bits per heavy atom. The molecule has 1 saturated heterocycles. The highest BCUT2D eigenvalue weighted by Crippen LogP contribution is 2.16. The van der Waals surface area contributed by atoms with Crippen LogP contribution in [0.15, 0.2) is 30.3 Å². The van der Waals surface area contributed by atoms with Gasteiger partial charge in [-0.3, -0.25) is 9.69 Å². The topological polar surface area (TPSA) is 53.6 Å². The molecule has 2 N–H and O–H groups in total. The van der Waals surface area contributed by atoms with Crippen LogP contribution in [0.1, 0.15) is 24.8 Å². The number of rotatable bonds is 9. The fourth-order valence-corrected chi connectivity index (χ4v) is 2.85. The van der Waals surface area contributed by atoms with Crippen LogP contribution >= 0.6 is 0 Å². The zero-order valence-electron chi connectivity index (χ0n) is 14.1. The maximum absolute atomic E-state index is 11.3. The lowest BCUT2D eigenvalue weighted by atomic mass is 10.1. The molecule has 2 rings (SSSR count). The fourth-order valence-electron chi connectivity index (χ4n) is 2.85. The first-order valence-electron chi connectivity index (χ1n) is 8.57. The third-order valence-electron chi connectivity index (χ3n) is 4.12. The van der Waals surface area contributed by atoms with Gasteiger partial charge in [-0.15, -0.1) is 0 Å². The molecule has 1 aliphatic rings. The van der Waals surface area contributed by atoms with Crippen molar-refractivity contribution in [2.24, 2.45) is 0 Å². The lowest BCUT2D eigenvalue weighted by molar-refractivity contribution is -0.120. The molecule has 0 radical (unpaired) electrons. The predicted molar refractivity (Wildman–Crippen MR) is 92.2 cm³/mol. The Labute approximate surface area is 139 Å². The summed E-state index contributed by atoms with van der Waals surface area (Å²) >= 11 is 0. The highest BCUT2D eigenvalue weighted by molar-refractivity contribution is 5.77. The molecule has 0 aliphatic carbocycles. The zero-order chi connectivity index (χ0) is 16.3. The van der Waals surface area contributed by atoms with E-state index in [0.29, 0.717) is 19.2 Å². The number of nitrogens with zero attached hydrogens (tertiary/aromatic N) is 1. The minimum Gasteiger partial charge on any atom is -0.378 e. The second-order valence-corrected chi connectivity index (χ2v) is 6.07. The molecule has 1 aromatic rings. The van der Waals surface area contributed by atoms with Crippen LogP contribution in [-0.4, -0.2) is 56.7 Å². The van der Waals surface area contributed by atoms with Crippen molar-refractivity contribution in [1.29, 1.82) is 0 Å². The maximum atomic E-state index is 11.3. The normalized spacial score (nSPS) is 16.4. The number of likely N-dealkylation sites (tertiary alicyclic amines) is 1. The molecular formula is C18H29N3O2. The first-order valence-corrected chi connectivity index (χ1v) is 8.57. The SMILES string of the molecule is CNCC(=O)NCCCOC1CCN(Cc2ccccc2)CC1. The lowest BCUT2D eigenvalue weighted by Crippen LogP contribution is -2.37. The molecule has 0 aromatic heterocycles. The second kappa shape index (κ2) is 10.4. The smallest absolute Gasteiger partial charge is 0.233 e. The summed E-state index contributed by atoms with van der Waals surface area (Å²) < 4.78 is 5.93. The number of amides is 1. The van der Waals surface area contributed by atoms with Crippen molar-refractivity contribution in [3.8, 4) is 0 Å². The van der Waals surface area contributed by atoms with Crippen LogP contribution in [0, 0.1) is 0 Å². The van der Waals surface area contributed by atoms with Crippen LogP contribution in [0.2, 0.25) is 0 Å². The molecule has 1 heterocycles. The van der Waals surface area contributed by atoms with Crippen LogP contribution in [-0.2, 0) is 16.1 Å². The zero-order valence-corrected chi connectivity index (χ0v) is 14.1. The standard InChI is InChI=1S/C18H29N3O2/c1-19-14-18(22)20-10-5-13-23-17-8-11-21(12-9-17)15-16-6-3-2-4-7-16/h2-4,6-7,17,19H,5,8-15H2,1H3,(H,20,22). The summed E-state index contributed by atoms with van der Waals surface area (Å²) in [6, 6.07) is 10.6. The van der Waals surface area contributed by atoms with E-state index in [4.69, 9.17) is 4.74 Å². The van der Waals surface area contributed by atoms with Gasteiger partial charge in [-0.2, -0.15) is 0 Å². The summed E-state index contributed by atoms with van der Waals surface area (Å²) in [4.78, 5) is 13.8. The molecule has 1 fully saturated rings. The minimum absolute atomic E-state index is 0.0433. The monoisotopic (exact) mass is 319 g/mol. The van der Waals surface area contributed by atoms with Crippen molar-refractivity contribution >= 4 is 5.91 Å². The largest absolute Gasteiger partial charge is 0.378 e. The Hall–Kier alpha value is -1.43. The van der Waals surface area contributed by atoms with E-state index in [2.05, 4.69) is 45.9 Å². The van der Waals surface area contributed by atoms with Crippen molar-refractivity contribution in [2.75, 3.05) is 39.8 Å². The number of nitrogens with one attached hydrogen (secondary N) is 2. The summed E-state index contributed by atoms with van der Waals surface area (Å²) in [5.74, 6) is 0.0433. The summed E-state index contributed by atoms with van der Waals surface area (Å²) in [6.07, 6.45) is 3.44. The number of hydrogen-bond donors (Lipinski definition) is 2. The van der Waals surface area contributed by atoms with Crippen LogP contribution in [0.3, 0.4) is 0 Å². The number of carbonyl (C=O) groups is 1. The third kappa shape index (κ3) is 7.12. The Kier molecular flexibility index (Phi) is 8.07. The Bertz CT molecular complexity index is 445. The summed E-state index contributed by atoms with van der Waals surface area (Å²) in [6.45, 7) is 5.01. The van der Waals surface area contributed by atoms with Crippen molar-refractivity contribution in [3.63, 3.8) is 0 Å². The number of ether oxygens (including phenoxy) is 1. The number of carbonyl (C=O) groups excluding carboxylic acids is 1. The molecule has 1 aromatic carbocycles. The van der Waals surface area contributed by atoms with Gasteiger partial charge in [0, 0.05) is 32.8 Å². The Morgan fingerprint density at radius 3 is 2.70 bits per heavy atom. The van der Waals surface area contributed by atoms with Crippen LogP contribution < -0.4 is 10.6 Å². The number of hydrogen-bond acceptors (Lipinski definition) is 4. The molecular weight excluding hydrogens is 290 g/mol. The van der Waals surface area contributed by atoms with Crippen LogP contribution in [0.4, 0.5) is 0 Å². The van der Waals surface area contributed by atoms with E-state index in [0.717, 1.165) is 45.5 Å². The minimum atomic E-state index is 0.0433. The third-order valence-corrected chi connectivity index (χ3v) is 4.12. The summed E-state index contributed by atoms with van der Waals surface area (Å²) in [7, 11) is 1.77. The highest BCUT2D eigenvalue weighted by Gasteiger charge is 2.19. The van der Waals surface area contributed by atoms with Crippen molar-refractivity contribution in [2.45, 2.75) is 31.9 Å². The number of benzene rings is 1. The van der Waals surface area contributed by atoms with Gasteiger partial charge in [0.15, 0.2) is 0 Å². The number of likely N-dealkylation sites (N-methyl/N-ethyl adjacent to an activating group) is 1. The van der Waals surface area contributed by atoms with Gasteiger partial charge in [0.2, 0.25) is 5.91 Å². The van der Waals surface area contributed by atoms with E-state index in [9.17, 15) is 4.79 Å². The summed E-state index contributed by atoms with van der Waals surface area (Å²) in [5, 5.41) is 5.70. The van der Waals surface area contributed by atoms with Crippen LogP contribution in [0.25, 0.3) is 0 Å². The van der Waals surface area contributed by atoms with Crippen molar-refractivity contribution in [3.05, 3.63) is 35.9 Å². The first-order chi connectivity index (χ1) is 11.3. The maximum Gasteiger partial charge on any atom is 0.233 e. The molecule has 0 atom stereocenters. The molecule has 0 unspecified atom stereocenters. The average Bonchev–Trinajstić information content (AvgIpc) is 2.57. The second-order valence-electron chi connectivity index (χ2n) is 6.07. The predicted octanol–water partition coefficient (Wildman–Crippen LogP) is 1.39. The Morgan fingerprint density at radius 2 is 2.00 bits per heavy atom. The molecule has 128 valence electrons. The van der Waals surface area contributed by atoms with E-state index in [1.807, 2.05) is 0 Å². The molecule has 0 spiro atoms. The van der Waals surface area contributed by atoms with Gasteiger partial charge in [-0.1, -0.05) is 30.3 Å². The van der Waals surface area contributed by atoms with E-state index in [1.165, 1.54) is 5.56 Å². The molecule has 1 aliphatic heterocycles. The molecule has 5 nitrogen and oxygen atoms in total. The average molecular weight is 319 g/mol. The van der Waals surface area contributed by atoms with E-state index >= 15 is 0 Å². The number of piperidine rings is 1. The van der Waals surface area contributed by atoms with Crippen molar-refractivity contribution < 1.29 is 9.53 Å². The quantitative estimate of drug-likeness (QED) is 0.676. The van der Waals surface area contributed by atoms with E-state index < -0.39 is 0 Å². The molecule has 5 heteroatoms. The van der Waals surface area contributed by atoms with Gasteiger partial charge in [-0.25, -0.2) is 0 Å². The summed E-state index contributed by atoms with van der Waals surface area (Å²) in [5.41, 5.74) is 1.38. The Balaban J connectivity index is 1.52. The van der Waals surface area contributed by atoms with Gasteiger partial charge in [0.05, 0.1) is 12.6 Å². The van der Waals surface area contributed by atoms with Gasteiger partial charge in [0.25, 0.3) is 0 Å². The van der Waals surface area contributed by atoms with Crippen LogP contribution in [0.5, 0.6) is 0 Å². The molecule has 23 heavy (non-hydrogen) atoms. The first kappa shape index (κ1) is 17.9. The van der Waals surface area contributed by atoms with Crippen molar-refractivity contribution in [1.82, 2.24) is 15.5 Å². The molecule has 1 amide bonds. The lowest BCUT2D eigenvalue weighted by Gasteiger charge is -2.32. The highest BCUT2D eigenvalue weighted by atomic mass is 16.5. The van der Waals surface area contributed by atoms with Gasteiger partial charge >= 0.3 is 0 Å². The molecule has 0 bridgehead atoms. The van der Waals surface area contributed by atoms with Gasteiger partial charge in [-0.05, 0) is 31.9 Å². The van der Waals surface area contributed by atoms with Gasteiger partial charge < -0.3 is 15.4 Å². The van der Waals surface area contributed by atoms with E-state index in [1.54, 1.807) is 7.05 Å². The van der Waals surface area contributed by atoms with E-state index in [-0.39, 0.29) is 5.91 Å². The van der Waals surface area contributed by atoms with Gasteiger partial charge in [0.1, 0.15) is 0 Å².